The molecule has 1 heterocycles. The first-order valence-corrected chi connectivity index (χ1v) is 6.35. The standard InChI is InChI=1S/C10H6BrNS2/c11-4-6-1-2-9(13)10-8(6)3-7(5-12)14-10/h1-3,13H,4H2. The molecule has 14 heavy (non-hydrogen) atoms. The molecule has 0 unspecified atom stereocenters. The van der Waals surface area contributed by atoms with Crippen molar-refractivity contribution < 1.29 is 0 Å². The highest BCUT2D eigenvalue weighted by atomic mass is 79.9. The third-order valence-electron chi connectivity index (χ3n) is 2.01. The first-order valence-electron chi connectivity index (χ1n) is 3.96. The van der Waals surface area contributed by atoms with Gasteiger partial charge in [-0.1, -0.05) is 22.0 Å². The van der Waals surface area contributed by atoms with Crippen molar-refractivity contribution in [1.82, 2.24) is 0 Å². The quantitative estimate of drug-likeness (QED) is 0.622. The van der Waals surface area contributed by atoms with E-state index in [1.807, 2.05) is 18.2 Å². The number of thiophene rings is 1. The first kappa shape index (κ1) is 10.0. The van der Waals surface area contributed by atoms with Crippen LogP contribution in [-0.4, -0.2) is 0 Å². The van der Waals surface area contributed by atoms with Gasteiger partial charge in [-0.2, -0.15) is 5.26 Å². The van der Waals surface area contributed by atoms with E-state index in [9.17, 15) is 0 Å². The Bertz CT molecular complexity index is 525. The molecule has 2 aromatic rings. The summed E-state index contributed by atoms with van der Waals surface area (Å²) < 4.78 is 1.10. The van der Waals surface area contributed by atoms with Crippen molar-refractivity contribution in [3.63, 3.8) is 0 Å². The number of nitrogens with zero attached hydrogens (tertiary/aromatic N) is 1. The van der Waals surface area contributed by atoms with Crippen molar-refractivity contribution >= 4 is 50.0 Å². The fourth-order valence-corrected chi connectivity index (χ4v) is 3.07. The average molecular weight is 284 g/mol. The maximum Gasteiger partial charge on any atom is 0.110 e. The van der Waals surface area contributed by atoms with Gasteiger partial charge in [-0.05, 0) is 23.1 Å². The highest BCUT2D eigenvalue weighted by molar-refractivity contribution is 9.08. The minimum Gasteiger partial charge on any atom is -0.192 e. The van der Waals surface area contributed by atoms with Crippen LogP contribution in [0.15, 0.2) is 23.1 Å². The van der Waals surface area contributed by atoms with Crippen LogP contribution >= 0.6 is 39.9 Å². The monoisotopic (exact) mass is 283 g/mol. The van der Waals surface area contributed by atoms with Gasteiger partial charge < -0.3 is 0 Å². The van der Waals surface area contributed by atoms with Crippen molar-refractivity contribution in [2.45, 2.75) is 10.2 Å². The number of hydrogen-bond acceptors (Lipinski definition) is 3. The van der Waals surface area contributed by atoms with E-state index in [2.05, 4.69) is 34.6 Å². The highest BCUT2D eigenvalue weighted by Gasteiger charge is 2.07. The second kappa shape index (κ2) is 3.93. The molecule has 0 saturated heterocycles. The van der Waals surface area contributed by atoms with Crippen molar-refractivity contribution in [3.8, 4) is 6.07 Å². The summed E-state index contributed by atoms with van der Waals surface area (Å²) >= 11 is 9.30. The predicted octanol–water partition coefficient (Wildman–Crippen LogP) is 3.96. The van der Waals surface area contributed by atoms with E-state index in [1.54, 1.807) is 0 Å². The van der Waals surface area contributed by atoms with Crippen LogP contribution in [0.4, 0.5) is 0 Å². The lowest BCUT2D eigenvalue weighted by molar-refractivity contribution is 1.46. The fraction of sp³-hybridized carbons (Fsp3) is 0.100. The normalized spacial score (nSPS) is 10.4. The lowest BCUT2D eigenvalue weighted by atomic mass is 10.1. The van der Waals surface area contributed by atoms with Gasteiger partial charge in [-0.15, -0.1) is 24.0 Å². The molecule has 0 spiro atoms. The van der Waals surface area contributed by atoms with Gasteiger partial charge in [-0.25, -0.2) is 0 Å². The van der Waals surface area contributed by atoms with Crippen LogP contribution in [0.5, 0.6) is 0 Å². The van der Waals surface area contributed by atoms with Gasteiger partial charge in [0.2, 0.25) is 0 Å². The molecule has 0 aliphatic carbocycles. The Morgan fingerprint density at radius 2 is 2.29 bits per heavy atom. The van der Waals surface area contributed by atoms with E-state index in [4.69, 9.17) is 5.26 Å². The molecule has 1 aromatic heterocycles. The molecule has 0 radical (unpaired) electrons. The van der Waals surface area contributed by atoms with Crippen molar-refractivity contribution in [3.05, 3.63) is 28.6 Å². The molecule has 0 aliphatic heterocycles. The zero-order valence-corrected chi connectivity index (χ0v) is 10.4. The summed E-state index contributed by atoms with van der Waals surface area (Å²) in [5.74, 6) is 0. The van der Waals surface area contributed by atoms with Crippen LogP contribution in [0.3, 0.4) is 0 Å². The summed E-state index contributed by atoms with van der Waals surface area (Å²) in [6.45, 7) is 0. The van der Waals surface area contributed by atoms with Crippen LogP contribution in [0.1, 0.15) is 10.4 Å². The maximum atomic E-state index is 8.82. The minimum absolute atomic E-state index is 0.740. The summed E-state index contributed by atoms with van der Waals surface area (Å²) in [5.41, 5.74) is 1.20. The zero-order chi connectivity index (χ0) is 10.1. The van der Waals surface area contributed by atoms with E-state index in [-0.39, 0.29) is 0 Å². The number of thiol groups is 1. The molecule has 0 fully saturated rings. The van der Waals surface area contributed by atoms with Gasteiger partial charge in [0.15, 0.2) is 0 Å². The molecule has 1 aromatic carbocycles. The molecule has 4 heteroatoms. The van der Waals surface area contributed by atoms with E-state index >= 15 is 0 Å². The Morgan fingerprint density at radius 3 is 2.93 bits per heavy atom. The summed E-state index contributed by atoms with van der Waals surface area (Å²) in [7, 11) is 0. The fourth-order valence-electron chi connectivity index (χ4n) is 1.34. The van der Waals surface area contributed by atoms with Gasteiger partial charge in [0.25, 0.3) is 0 Å². The highest BCUT2D eigenvalue weighted by Crippen LogP contribution is 2.33. The molecule has 1 nitrogen and oxygen atoms in total. The molecule has 0 saturated carbocycles. The lowest BCUT2D eigenvalue weighted by Crippen LogP contribution is -1.78. The molecule has 0 N–H and O–H groups in total. The Morgan fingerprint density at radius 1 is 1.50 bits per heavy atom. The minimum atomic E-state index is 0.740. The van der Waals surface area contributed by atoms with Gasteiger partial charge in [0.1, 0.15) is 10.9 Å². The Kier molecular flexibility index (Phi) is 2.82. The molecule has 0 amide bonds. The Hall–Kier alpha value is -0.500. The number of hydrogen-bond donors (Lipinski definition) is 1. The second-order valence-corrected chi connectivity index (χ2v) is 4.94. The number of halogens is 1. The number of nitriles is 1. The largest absolute Gasteiger partial charge is 0.192 e. The average Bonchev–Trinajstić information content (AvgIpc) is 2.63. The number of benzene rings is 1. The number of fused-ring (bicyclic) bond motifs is 1. The Labute approximate surface area is 99.9 Å². The third-order valence-corrected chi connectivity index (χ3v) is 4.21. The van der Waals surface area contributed by atoms with E-state index in [1.165, 1.54) is 16.9 Å². The van der Waals surface area contributed by atoms with Gasteiger partial charge in [0, 0.05) is 14.9 Å². The SMILES string of the molecule is N#Cc1cc2c(CBr)ccc(S)c2s1. The van der Waals surface area contributed by atoms with Crippen LogP contribution in [-0.2, 0) is 5.33 Å². The molecule has 0 aliphatic rings. The van der Waals surface area contributed by atoms with Crippen LogP contribution < -0.4 is 0 Å². The van der Waals surface area contributed by atoms with Gasteiger partial charge >= 0.3 is 0 Å². The summed E-state index contributed by atoms with van der Waals surface area (Å²) in [4.78, 5) is 1.68. The van der Waals surface area contributed by atoms with Gasteiger partial charge in [-0.3, -0.25) is 0 Å². The summed E-state index contributed by atoms with van der Waals surface area (Å²) in [6, 6.07) is 8.10. The summed E-state index contributed by atoms with van der Waals surface area (Å²) in [6.07, 6.45) is 0. The number of alkyl halides is 1. The smallest absolute Gasteiger partial charge is 0.110 e. The molecule has 0 atom stereocenters. The van der Waals surface area contributed by atoms with Crippen molar-refractivity contribution in [1.29, 1.82) is 5.26 Å². The van der Waals surface area contributed by atoms with Crippen molar-refractivity contribution in [2.75, 3.05) is 0 Å². The van der Waals surface area contributed by atoms with Crippen molar-refractivity contribution in [2.24, 2.45) is 0 Å². The predicted molar refractivity (Wildman–Crippen MR) is 66.4 cm³/mol. The first-order chi connectivity index (χ1) is 6.76. The topological polar surface area (TPSA) is 23.8 Å². The van der Waals surface area contributed by atoms with Gasteiger partial charge in [0.05, 0.1) is 0 Å². The molecule has 70 valence electrons. The number of rotatable bonds is 1. The van der Waals surface area contributed by atoms with E-state index in [0.717, 1.165) is 25.2 Å². The van der Waals surface area contributed by atoms with Crippen LogP contribution in [0.2, 0.25) is 0 Å². The maximum absolute atomic E-state index is 8.82. The Balaban J connectivity index is 2.83. The van der Waals surface area contributed by atoms with E-state index < -0.39 is 0 Å². The third kappa shape index (κ3) is 1.56. The molecule has 0 bridgehead atoms. The van der Waals surface area contributed by atoms with E-state index in [0.29, 0.717) is 0 Å². The summed E-state index contributed by atoms with van der Waals surface area (Å²) in [5, 5.41) is 10.8. The molecular weight excluding hydrogens is 278 g/mol. The molecular formula is C10H6BrNS2. The lowest BCUT2D eigenvalue weighted by Gasteiger charge is -1.99. The molecule has 2 rings (SSSR count). The zero-order valence-electron chi connectivity index (χ0n) is 7.12. The van der Waals surface area contributed by atoms with Crippen LogP contribution in [0, 0.1) is 11.3 Å². The van der Waals surface area contributed by atoms with Crippen LogP contribution in [0.25, 0.3) is 10.1 Å². The second-order valence-electron chi connectivity index (χ2n) is 2.84.